The molecule has 3 aromatic heterocycles. The van der Waals surface area contributed by atoms with E-state index in [1.54, 1.807) is 0 Å². The molecule has 0 radical (unpaired) electrons. The van der Waals surface area contributed by atoms with E-state index in [-0.39, 0.29) is 37.2 Å². The molecule has 0 amide bonds. The first-order chi connectivity index (χ1) is 24.1. The molecule has 5 nitrogen and oxygen atoms in total. The van der Waals surface area contributed by atoms with Crippen LogP contribution in [0, 0.1) is 32.9 Å². The van der Waals surface area contributed by atoms with Crippen molar-refractivity contribution in [3.63, 3.8) is 0 Å². The normalized spacial score (nSPS) is 12.2. The predicted molar refractivity (Wildman–Crippen MR) is 211 cm³/mol. The molecule has 7 aromatic rings. The van der Waals surface area contributed by atoms with Gasteiger partial charge < -0.3 is 9.30 Å². The third-order valence-corrected chi connectivity index (χ3v) is 9.88. The van der Waals surface area contributed by atoms with Gasteiger partial charge in [-0.25, -0.2) is 4.98 Å². The quantitative estimate of drug-likeness (QED) is 0.125. The SMILES string of the molecule is Cc1ccnc(-n2c3[c-]c(Oc4[c-]c(-n5nc(C)c(-c6c(C(C)(C)C)cccc6C(C)(C)C)c5C)cc(C(C)C)c4)ccc3c3ccccc32)c1.[Pd+2]. The molecule has 3 heterocycles. The first kappa shape index (κ1) is 37.3. The maximum atomic E-state index is 6.65. The maximum Gasteiger partial charge on any atom is 2.00 e. The van der Waals surface area contributed by atoms with Crippen LogP contribution in [0.25, 0.3) is 44.4 Å². The third kappa shape index (κ3) is 6.75. The molecule has 268 valence electrons. The first-order valence-electron chi connectivity index (χ1n) is 18.0. The Hall–Kier alpha value is -4.50. The van der Waals surface area contributed by atoms with Crippen molar-refractivity contribution in [1.29, 1.82) is 0 Å². The first-order valence-corrected chi connectivity index (χ1v) is 18.0. The number of para-hydroxylation sites is 1. The molecule has 0 fully saturated rings. The number of rotatable bonds is 6. The van der Waals surface area contributed by atoms with Crippen molar-refractivity contribution >= 4 is 21.8 Å². The van der Waals surface area contributed by atoms with E-state index < -0.39 is 0 Å². The van der Waals surface area contributed by atoms with Crippen molar-refractivity contribution in [3.8, 4) is 34.1 Å². The van der Waals surface area contributed by atoms with Crippen molar-refractivity contribution in [3.05, 3.63) is 131 Å². The second kappa shape index (κ2) is 13.8. The number of nitrogens with zero attached hydrogens (tertiary/aromatic N) is 4. The molecule has 4 aromatic carbocycles. The molecule has 0 spiro atoms. The number of hydrogen-bond donors (Lipinski definition) is 0. The van der Waals surface area contributed by atoms with E-state index in [4.69, 9.17) is 14.8 Å². The van der Waals surface area contributed by atoms with E-state index in [1.807, 2.05) is 23.0 Å². The van der Waals surface area contributed by atoms with Gasteiger partial charge in [-0.1, -0.05) is 97.3 Å². The molecule has 0 N–H and O–H groups in total. The van der Waals surface area contributed by atoms with Crippen LogP contribution < -0.4 is 4.74 Å². The summed E-state index contributed by atoms with van der Waals surface area (Å²) in [7, 11) is 0. The van der Waals surface area contributed by atoms with Crippen LogP contribution in [0.3, 0.4) is 0 Å². The van der Waals surface area contributed by atoms with Crippen LogP contribution in [0.1, 0.15) is 94.9 Å². The topological polar surface area (TPSA) is 44.9 Å². The third-order valence-electron chi connectivity index (χ3n) is 9.88. The molecule has 0 aliphatic heterocycles. The average Bonchev–Trinajstić information content (AvgIpc) is 3.55. The van der Waals surface area contributed by atoms with Crippen molar-refractivity contribution in [2.24, 2.45) is 0 Å². The molecule has 0 saturated heterocycles. The van der Waals surface area contributed by atoms with Crippen LogP contribution in [0.15, 0.2) is 85.1 Å². The van der Waals surface area contributed by atoms with E-state index in [0.29, 0.717) is 11.5 Å². The Kier molecular flexibility index (Phi) is 9.90. The molecule has 6 heteroatoms. The Morgan fingerprint density at radius 2 is 1.40 bits per heavy atom. The zero-order chi connectivity index (χ0) is 36.4. The predicted octanol–water partition coefficient (Wildman–Crippen LogP) is 12.1. The van der Waals surface area contributed by atoms with Gasteiger partial charge in [0.15, 0.2) is 0 Å². The largest absolute Gasteiger partial charge is 2.00 e. The van der Waals surface area contributed by atoms with E-state index in [1.165, 1.54) is 22.3 Å². The number of ether oxygens (including phenoxy) is 1. The van der Waals surface area contributed by atoms with Gasteiger partial charge in [-0.15, -0.1) is 41.3 Å². The summed E-state index contributed by atoms with van der Waals surface area (Å²) in [5.74, 6) is 2.37. The molecule has 52 heavy (non-hydrogen) atoms. The fourth-order valence-corrected chi connectivity index (χ4v) is 7.30. The summed E-state index contributed by atoms with van der Waals surface area (Å²) < 4.78 is 10.9. The minimum atomic E-state index is -0.0407. The van der Waals surface area contributed by atoms with Crippen molar-refractivity contribution in [2.45, 2.75) is 92.9 Å². The number of aryl methyl sites for hydroxylation is 2. The van der Waals surface area contributed by atoms with Gasteiger partial charge in [0.2, 0.25) is 0 Å². The van der Waals surface area contributed by atoms with E-state index >= 15 is 0 Å². The summed E-state index contributed by atoms with van der Waals surface area (Å²) in [5.41, 5.74) is 12.3. The Bertz CT molecular complexity index is 2400. The monoisotopic (exact) mass is 778 g/mol. The van der Waals surface area contributed by atoms with Gasteiger partial charge in [0.25, 0.3) is 0 Å². The van der Waals surface area contributed by atoms with Gasteiger partial charge in [0, 0.05) is 34.5 Å². The van der Waals surface area contributed by atoms with Gasteiger partial charge >= 0.3 is 20.4 Å². The van der Waals surface area contributed by atoms with Crippen molar-refractivity contribution < 1.29 is 25.2 Å². The second-order valence-corrected chi connectivity index (χ2v) is 16.2. The molecule has 0 atom stereocenters. The molecular weight excluding hydrogens is 731 g/mol. The Morgan fingerprint density at radius 3 is 2.06 bits per heavy atom. The molecular formula is C46H48N4OPd. The fourth-order valence-electron chi connectivity index (χ4n) is 7.30. The number of pyridine rings is 1. The smallest absolute Gasteiger partial charge is 0.509 e. The van der Waals surface area contributed by atoms with E-state index in [9.17, 15) is 0 Å². The van der Waals surface area contributed by atoms with Gasteiger partial charge in [-0.3, -0.25) is 4.68 Å². The Balaban J connectivity index is 0.00000464. The fraction of sp³-hybridized carbons (Fsp3) is 0.304. The number of hydrogen-bond acceptors (Lipinski definition) is 3. The molecule has 0 aliphatic carbocycles. The Labute approximate surface area is 322 Å². The van der Waals surface area contributed by atoms with Crippen LogP contribution in [-0.2, 0) is 31.3 Å². The van der Waals surface area contributed by atoms with Crippen LogP contribution >= 0.6 is 0 Å². The van der Waals surface area contributed by atoms with E-state index in [0.717, 1.165) is 55.8 Å². The summed E-state index contributed by atoms with van der Waals surface area (Å²) in [5, 5.41) is 7.43. The van der Waals surface area contributed by atoms with Crippen LogP contribution in [0.4, 0.5) is 0 Å². The maximum absolute atomic E-state index is 6.65. The number of fused-ring (bicyclic) bond motifs is 3. The minimum Gasteiger partial charge on any atom is -0.509 e. The zero-order valence-electron chi connectivity index (χ0n) is 32.2. The molecule has 0 aliphatic rings. The van der Waals surface area contributed by atoms with Crippen molar-refractivity contribution in [2.75, 3.05) is 0 Å². The summed E-state index contributed by atoms with van der Waals surface area (Å²) in [6.07, 6.45) is 1.86. The molecule has 7 rings (SSSR count). The zero-order valence-corrected chi connectivity index (χ0v) is 33.7. The summed E-state index contributed by atoms with van der Waals surface area (Å²) in [6, 6.07) is 34.9. The summed E-state index contributed by atoms with van der Waals surface area (Å²) in [6.45, 7) is 24.6. The van der Waals surface area contributed by atoms with Crippen molar-refractivity contribution in [1.82, 2.24) is 19.3 Å². The second-order valence-electron chi connectivity index (χ2n) is 16.2. The minimum absolute atomic E-state index is 0. The Morgan fingerprint density at radius 1 is 0.712 bits per heavy atom. The van der Waals surface area contributed by atoms with Gasteiger partial charge in [0.1, 0.15) is 5.82 Å². The average molecular weight is 779 g/mol. The molecule has 0 unspecified atom stereocenters. The van der Waals surface area contributed by atoms with Gasteiger partial charge in [-0.05, 0) is 89.0 Å². The number of aromatic nitrogens is 4. The molecule has 0 bridgehead atoms. The number of benzene rings is 4. The van der Waals surface area contributed by atoms with Gasteiger partial charge in [0.05, 0.1) is 5.69 Å². The van der Waals surface area contributed by atoms with Crippen LogP contribution in [0.5, 0.6) is 11.5 Å². The van der Waals surface area contributed by atoms with Crippen LogP contribution in [0.2, 0.25) is 0 Å². The standard InChI is InChI=1S/C46H48N4O.Pd/c1-28(2)32-24-33(50-31(5)43(30(4)48-50)44-38(45(6,7)8)16-14-17-39(44)46(9,10)11)26-35(25-32)51-34-19-20-37-36-15-12-13-18-40(36)49(41(37)27-34)42-23-29(3)21-22-47-42;/h12-25,28H,1-11H3;/q-2;+2. The summed E-state index contributed by atoms with van der Waals surface area (Å²) in [4.78, 5) is 4.73. The summed E-state index contributed by atoms with van der Waals surface area (Å²) >= 11 is 0. The van der Waals surface area contributed by atoms with E-state index in [2.05, 4.69) is 160 Å². The van der Waals surface area contributed by atoms with Crippen LogP contribution in [-0.4, -0.2) is 19.3 Å². The van der Waals surface area contributed by atoms with Gasteiger partial charge in [-0.2, -0.15) is 11.2 Å². The molecule has 0 saturated carbocycles.